The monoisotopic (exact) mass is 288 g/mol. The number of hydrogen-bond acceptors (Lipinski definition) is 3. The molecule has 116 valence electrons. The van der Waals surface area contributed by atoms with Crippen LogP contribution in [0.25, 0.3) is 0 Å². The van der Waals surface area contributed by atoms with Crippen molar-refractivity contribution in [3.63, 3.8) is 0 Å². The summed E-state index contributed by atoms with van der Waals surface area (Å²) in [4.78, 5) is 0. The second kappa shape index (κ2) is 6.91. The van der Waals surface area contributed by atoms with Crippen LogP contribution in [0.15, 0.2) is 30.3 Å². The molecule has 3 rings (SSSR count). The molecule has 2 atom stereocenters. The minimum atomic E-state index is 0.292. The Balaban J connectivity index is 1.68. The molecule has 2 saturated heterocycles. The van der Waals surface area contributed by atoms with Crippen molar-refractivity contribution in [1.29, 1.82) is 0 Å². The molecule has 0 aromatic heterocycles. The maximum Gasteiger partial charge on any atom is 0.0509 e. The van der Waals surface area contributed by atoms with Crippen LogP contribution in [0.2, 0.25) is 0 Å². The van der Waals surface area contributed by atoms with Gasteiger partial charge in [-0.05, 0) is 50.8 Å². The molecule has 2 aliphatic rings. The summed E-state index contributed by atoms with van der Waals surface area (Å²) < 4.78 is 5.53. The first-order valence-electron chi connectivity index (χ1n) is 8.38. The molecule has 2 unspecified atom stereocenters. The summed E-state index contributed by atoms with van der Waals surface area (Å²) in [5.74, 6) is 0.680. The van der Waals surface area contributed by atoms with Crippen LogP contribution < -0.4 is 10.6 Å². The largest absolute Gasteiger partial charge is 0.381 e. The van der Waals surface area contributed by atoms with E-state index in [4.69, 9.17) is 4.74 Å². The highest BCUT2D eigenvalue weighted by Crippen LogP contribution is 2.33. The van der Waals surface area contributed by atoms with Crippen LogP contribution in [0.3, 0.4) is 0 Å². The second-order valence-electron chi connectivity index (χ2n) is 6.69. The molecule has 3 heteroatoms. The predicted octanol–water partition coefficient (Wildman–Crippen LogP) is 2.32. The molecule has 0 bridgehead atoms. The Kier molecular flexibility index (Phi) is 4.94. The lowest BCUT2D eigenvalue weighted by Crippen LogP contribution is -2.49. The zero-order valence-electron chi connectivity index (χ0n) is 13.1. The van der Waals surface area contributed by atoms with Crippen molar-refractivity contribution < 1.29 is 4.74 Å². The number of nitrogens with one attached hydrogen (secondary N) is 2. The molecule has 0 radical (unpaired) electrons. The average molecular weight is 288 g/mol. The molecule has 2 fully saturated rings. The molecule has 0 aliphatic carbocycles. The Morgan fingerprint density at radius 2 is 2.05 bits per heavy atom. The molecular weight excluding hydrogens is 260 g/mol. The summed E-state index contributed by atoms with van der Waals surface area (Å²) >= 11 is 0. The first kappa shape index (κ1) is 15.0. The van der Waals surface area contributed by atoms with Crippen LogP contribution in [0.4, 0.5) is 0 Å². The summed E-state index contributed by atoms with van der Waals surface area (Å²) in [7, 11) is 0. The zero-order valence-corrected chi connectivity index (χ0v) is 13.1. The molecule has 2 heterocycles. The van der Waals surface area contributed by atoms with Gasteiger partial charge in [-0.1, -0.05) is 30.3 Å². The fourth-order valence-electron chi connectivity index (χ4n) is 3.73. The van der Waals surface area contributed by atoms with Crippen molar-refractivity contribution in [2.75, 3.05) is 32.8 Å². The molecule has 2 aliphatic heterocycles. The lowest BCUT2D eigenvalue weighted by Gasteiger charge is -2.40. The number of piperidine rings is 1. The second-order valence-corrected chi connectivity index (χ2v) is 6.69. The van der Waals surface area contributed by atoms with Crippen LogP contribution >= 0.6 is 0 Å². The van der Waals surface area contributed by atoms with Crippen molar-refractivity contribution >= 4 is 0 Å². The highest BCUT2D eigenvalue weighted by atomic mass is 16.5. The van der Waals surface area contributed by atoms with Crippen molar-refractivity contribution in [3.8, 4) is 0 Å². The van der Waals surface area contributed by atoms with E-state index in [0.29, 0.717) is 17.4 Å². The normalized spacial score (nSPS) is 26.6. The number of benzene rings is 1. The number of hydrogen-bond donors (Lipinski definition) is 2. The molecule has 3 nitrogen and oxygen atoms in total. The summed E-state index contributed by atoms with van der Waals surface area (Å²) in [6.45, 7) is 7.50. The molecule has 0 amide bonds. The molecule has 0 saturated carbocycles. The molecule has 1 aromatic carbocycles. The van der Waals surface area contributed by atoms with Gasteiger partial charge in [0.2, 0.25) is 0 Å². The minimum absolute atomic E-state index is 0.292. The van der Waals surface area contributed by atoms with Gasteiger partial charge in [-0.15, -0.1) is 0 Å². The Labute approximate surface area is 128 Å². The Morgan fingerprint density at radius 3 is 2.71 bits per heavy atom. The smallest absolute Gasteiger partial charge is 0.0509 e. The summed E-state index contributed by atoms with van der Waals surface area (Å²) in [5, 5.41) is 7.33. The van der Waals surface area contributed by atoms with Crippen molar-refractivity contribution in [3.05, 3.63) is 35.9 Å². The van der Waals surface area contributed by atoms with E-state index in [9.17, 15) is 0 Å². The maximum absolute atomic E-state index is 5.53. The third kappa shape index (κ3) is 3.47. The van der Waals surface area contributed by atoms with E-state index >= 15 is 0 Å². The Bertz CT molecular complexity index is 422. The topological polar surface area (TPSA) is 33.3 Å². The maximum atomic E-state index is 5.53. The van der Waals surface area contributed by atoms with Gasteiger partial charge in [0.05, 0.1) is 6.61 Å². The van der Waals surface area contributed by atoms with E-state index in [2.05, 4.69) is 47.9 Å². The Morgan fingerprint density at radius 1 is 1.29 bits per heavy atom. The molecular formula is C18H28N2O. The van der Waals surface area contributed by atoms with Gasteiger partial charge in [0.1, 0.15) is 0 Å². The summed E-state index contributed by atoms with van der Waals surface area (Å²) in [5.41, 5.74) is 1.79. The minimum Gasteiger partial charge on any atom is -0.381 e. The molecule has 2 N–H and O–H groups in total. The summed E-state index contributed by atoms with van der Waals surface area (Å²) in [6, 6.07) is 11.6. The van der Waals surface area contributed by atoms with E-state index < -0.39 is 0 Å². The number of ether oxygens (including phenoxy) is 1. The first-order valence-corrected chi connectivity index (χ1v) is 8.38. The molecule has 21 heavy (non-hydrogen) atoms. The predicted molar refractivity (Wildman–Crippen MR) is 86.6 cm³/mol. The van der Waals surface area contributed by atoms with Gasteiger partial charge in [0.25, 0.3) is 0 Å². The van der Waals surface area contributed by atoms with Gasteiger partial charge in [0, 0.05) is 24.6 Å². The van der Waals surface area contributed by atoms with Gasteiger partial charge < -0.3 is 15.4 Å². The van der Waals surface area contributed by atoms with E-state index in [0.717, 1.165) is 32.8 Å². The van der Waals surface area contributed by atoms with Crippen LogP contribution in [-0.4, -0.2) is 38.9 Å². The van der Waals surface area contributed by atoms with E-state index in [-0.39, 0.29) is 0 Å². The van der Waals surface area contributed by atoms with Crippen molar-refractivity contribution in [1.82, 2.24) is 10.6 Å². The fraction of sp³-hybridized carbons (Fsp3) is 0.667. The van der Waals surface area contributed by atoms with Crippen LogP contribution in [0, 0.1) is 5.92 Å². The van der Waals surface area contributed by atoms with E-state index in [1.54, 1.807) is 0 Å². The first-order chi connectivity index (χ1) is 10.3. The lowest BCUT2D eigenvalue weighted by molar-refractivity contribution is 0.175. The van der Waals surface area contributed by atoms with Crippen molar-refractivity contribution in [2.24, 2.45) is 5.92 Å². The van der Waals surface area contributed by atoms with E-state index in [1.165, 1.54) is 24.8 Å². The third-order valence-corrected chi connectivity index (χ3v) is 5.38. The van der Waals surface area contributed by atoms with Crippen LogP contribution in [0.1, 0.15) is 31.7 Å². The van der Waals surface area contributed by atoms with E-state index in [1.807, 2.05) is 0 Å². The quantitative estimate of drug-likeness (QED) is 0.872. The molecule has 0 spiro atoms. The molecule has 1 aromatic rings. The Hall–Kier alpha value is -0.900. The standard InChI is InChI=1S/C18H28N2O/c1-15(16-7-12-21-13-16)20-14-18(8-10-19-11-9-18)17-5-3-2-4-6-17/h2-6,15-16,19-20H,7-14H2,1H3. The van der Waals surface area contributed by atoms with Gasteiger partial charge in [-0.25, -0.2) is 0 Å². The fourth-order valence-corrected chi connectivity index (χ4v) is 3.73. The van der Waals surface area contributed by atoms with Gasteiger partial charge in [0.15, 0.2) is 0 Å². The highest BCUT2D eigenvalue weighted by Gasteiger charge is 2.34. The number of rotatable bonds is 5. The van der Waals surface area contributed by atoms with Crippen LogP contribution in [-0.2, 0) is 10.2 Å². The SMILES string of the molecule is CC(NCC1(c2ccccc2)CCNCC1)C1CCOC1. The third-order valence-electron chi connectivity index (χ3n) is 5.38. The average Bonchev–Trinajstić information content (AvgIpc) is 3.09. The van der Waals surface area contributed by atoms with Crippen LogP contribution in [0.5, 0.6) is 0 Å². The van der Waals surface area contributed by atoms with Crippen molar-refractivity contribution in [2.45, 2.75) is 37.6 Å². The summed E-state index contributed by atoms with van der Waals surface area (Å²) in [6.07, 6.45) is 3.64. The van der Waals surface area contributed by atoms with Gasteiger partial charge >= 0.3 is 0 Å². The van der Waals surface area contributed by atoms with Gasteiger partial charge in [-0.2, -0.15) is 0 Å². The highest BCUT2D eigenvalue weighted by molar-refractivity contribution is 5.27. The zero-order chi connectivity index (χ0) is 14.5. The lowest BCUT2D eigenvalue weighted by atomic mass is 9.73. The van der Waals surface area contributed by atoms with Gasteiger partial charge in [-0.3, -0.25) is 0 Å².